The molecule has 0 fully saturated rings. The molecule has 190 valence electrons. The zero-order valence-corrected chi connectivity index (χ0v) is 24.0. The van der Waals surface area contributed by atoms with E-state index in [0.29, 0.717) is 0 Å². The van der Waals surface area contributed by atoms with E-state index in [1.807, 2.05) is 12.1 Å². The molecule has 2 aromatic carbocycles. The Morgan fingerprint density at radius 1 is 0.471 bits per heavy atom. The highest BCUT2D eigenvalue weighted by molar-refractivity contribution is 5.85. The number of benzene rings is 2. The van der Waals surface area contributed by atoms with Crippen molar-refractivity contribution in [2.24, 2.45) is 0 Å². The van der Waals surface area contributed by atoms with E-state index in [-0.39, 0.29) is 33.2 Å². The molecular formula is C32H50O2. The molecule has 0 amide bonds. The second-order valence-corrected chi connectivity index (χ2v) is 12.7. The van der Waals surface area contributed by atoms with Gasteiger partial charge in [-0.05, 0) is 81.7 Å². The topological polar surface area (TPSA) is 40.5 Å². The van der Waals surface area contributed by atoms with Crippen molar-refractivity contribution in [1.82, 2.24) is 0 Å². The molecule has 0 aliphatic carbocycles. The maximum atomic E-state index is 11.5. The summed E-state index contributed by atoms with van der Waals surface area (Å²) in [7, 11) is 0. The SMILES string of the molecule is CCC(C)(C)c1ccc(O)c(-c2c(O)ccc(C(C)(C)CC)c2C(C)(C)CC)c1C(C)(C)CC. The Hall–Kier alpha value is -1.96. The van der Waals surface area contributed by atoms with E-state index in [1.165, 1.54) is 11.1 Å². The van der Waals surface area contributed by atoms with Crippen molar-refractivity contribution in [2.45, 2.75) is 130 Å². The van der Waals surface area contributed by atoms with Crippen molar-refractivity contribution in [3.63, 3.8) is 0 Å². The summed E-state index contributed by atoms with van der Waals surface area (Å²) in [6.07, 6.45) is 3.85. The molecule has 2 aromatic rings. The van der Waals surface area contributed by atoms with Gasteiger partial charge < -0.3 is 10.2 Å². The van der Waals surface area contributed by atoms with Crippen LogP contribution < -0.4 is 0 Å². The summed E-state index contributed by atoms with van der Waals surface area (Å²) in [6, 6.07) is 7.90. The number of hydrogen-bond donors (Lipinski definition) is 2. The minimum atomic E-state index is -0.174. The lowest BCUT2D eigenvalue weighted by molar-refractivity contribution is 0.434. The molecule has 0 atom stereocenters. The van der Waals surface area contributed by atoms with Gasteiger partial charge >= 0.3 is 0 Å². The molecule has 34 heavy (non-hydrogen) atoms. The standard InChI is InChI=1S/C32H50O2/c1-13-29(5,6)21-17-19-23(33)25(27(21)31(9,10)15-3)26-24(34)20-18-22(30(7,8)14-2)28(26)32(11,12)16-4/h17-20,33-34H,13-16H2,1-12H3. The van der Waals surface area contributed by atoms with Crippen LogP contribution in [0.25, 0.3) is 11.1 Å². The molecule has 2 rings (SSSR count). The third-order valence-corrected chi connectivity index (χ3v) is 8.96. The van der Waals surface area contributed by atoms with Crippen molar-refractivity contribution in [3.8, 4) is 22.6 Å². The average Bonchev–Trinajstić information content (AvgIpc) is 2.78. The van der Waals surface area contributed by atoms with Crippen LogP contribution in [0.2, 0.25) is 0 Å². The van der Waals surface area contributed by atoms with Crippen molar-refractivity contribution in [3.05, 3.63) is 46.5 Å². The van der Waals surface area contributed by atoms with Gasteiger partial charge in [0.25, 0.3) is 0 Å². The highest BCUT2D eigenvalue weighted by Crippen LogP contribution is 2.53. The second kappa shape index (κ2) is 9.59. The maximum absolute atomic E-state index is 11.5. The van der Waals surface area contributed by atoms with Gasteiger partial charge in [0.1, 0.15) is 11.5 Å². The van der Waals surface area contributed by atoms with Gasteiger partial charge in [-0.25, -0.2) is 0 Å². The van der Waals surface area contributed by atoms with Gasteiger partial charge in [0.05, 0.1) is 0 Å². The van der Waals surface area contributed by atoms with Crippen LogP contribution in [-0.4, -0.2) is 10.2 Å². The fraction of sp³-hybridized carbons (Fsp3) is 0.625. The molecule has 2 heteroatoms. The Bertz CT molecular complexity index is 938. The van der Waals surface area contributed by atoms with Gasteiger partial charge in [-0.15, -0.1) is 0 Å². The van der Waals surface area contributed by atoms with Gasteiger partial charge in [-0.3, -0.25) is 0 Å². The highest BCUT2D eigenvalue weighted by atomic mass is 16.3. The molecule has 0 saturated heterocycles. The predicted octanol–water partition coefficient (Wildman–Crippen LogP) is 9.52. The summed E-state index contributed by atoms with van der Waals surface area (Å²) in [5.74, 6) is 0.504. The monoisotopic (exact) mass is 466 g/mol. The lowest BCUT2D eigenvalue weighted by atomic mass is 9.65. The Morgan fingerprint density at radius 2 is 0.735 bits per heavy atom. The fourth-order valence-electron chi connectivity index (χ4n) is 4.96. The molecule has 0 heterocycles. The minimum absolute atomic E-state index is 0.0550. The summed E-state index contributed by atoms with van der Waals surface area (Å²) >= 11 is 0. The summed E-state index contributed by atoms with van der Waals surface area (Å²) in [4.78, 5) is 0. The number of aromatic hydroxyl groups is 2. The first-order valence-electron chi connectivity index (χ1n) is 13.3. The maximum Gasteiger partial charge on any atom is 0.123 e. The van der Waals surface area contributed by atoms with Gasteiger partial charge in [0.2, 0.25) is 0 Å². The minimum Gasteiger partial charge on any atom is -0.507 e. The fourth-order valence-corrected chi connectivity index (χ4v) is 4.96. The van der Waals surface area contributed by atoms with Crippen LogP contribution in [0.5, 0.6) is 11.5 Å². The van der Waals surface area contributed by atoms with Crippen molar-refractivity contribution >= 4 is 0 Å². The van der Waals surface area contributed by atoms with E-state index in [4.69, 9.17) is 0 Å². The molecular weight excluding hydrogens is 416 g/mol. The second-order valence-electron chi connectivity index (χ2n) is 12.7. The Balaban J connectivity index is 3.27. The summed E-state index contributed by atoms with van der Waals surface area (Å²) in [5, 5.41) is 23.0. The van der Waals surface area contributed by atoms with Crippen LogP contribution >= 0.6 is 0 Å². The molecule has 0 bridgehead atoms. The van der Waals surface area contributed by atoms with Gasteiger partial charge in [0.15, 0.2) is 0 Å². The molecule has 2 N–H and O–H groups in total. The molecule has 0 saturated carbocycles. The third-order valence-electron chi connectivity index (χ3n) is 8.96. The predicted molar refractivity (Wildman–Crippen MR) is 148 cm³/mol. The molecule has 0 aromatic heterocycles. The smallest absolute Gasteiger partial charge is 0.123 e. The quantitative estimate of drug-likeness (QED) is 0.386. The lowest BCUT2D eigenvalue weighted by Gasteiger charge is -2.39. The third kappa shape index (κ3) is 4.88. The zero-order chi connectivity index (χ0) is 26.3. The first-order chi connectivity index (χ1) is 15.5. The van der Waals surface area contributed by atoms with Crippen molar-refractivity contribution in [2.75, 3.05) is 0 Å². The Labute approximate surface area is 209 Å². The van der Waals surface area contributed by atoms with Crippen LogP contribution in [0.3, 0.4) is 0 Å². The van der Waals surface area contributed by atoms with Gasteiger partial charge in [-0.2, -0.15) is 0 Å². The first kappa shape index (κ1) is 28.3. The molecule has 0 radical (unpaired) electrons. The van der Waals surface area contributed by atoms with E-state index in [1.54, 1.807) is 0 Å². The molecule has 0 aliphatic rings. The largest absolute Gasteiger partial charge is 0.507 e. The number of rotatable bonds is 9. The van der Waals surface area contributed by atoms with Crippen molar-refractivity contribution in [1.29, 1.82) is 0 Å². The zero-order valence-electron chi connectivity index (χ0n) is 24.0. The van der Waals surface area contributed by atoms with Crippen LogP contribution in [0.4, 0.5) is 0 Å². The highest BCUT2D eigenvalue weighted by Gasteiger charge is 2.38. The van der Waals surface area contributed by atoms with Crippen molar-refractivity contribution < 1.29 is 10.2 Å². The summed E-state index contributed by atoms with van der Waals surface area (Å²) < 4.78 is 0. The molecule has 2 nitrogen and oxygen atoms in total. The lowest BCUT2D eigenvalue weighted by Crippen LogP contribution is -2.29. The molecule has 0 aliphatic heterocycles. The Kier molecular flexibility index (Phi) is 7.98. The van der Waals surface area contributed by atoms with Crippen LogP contribution in [0, 0.1) is 0 Å². The van der Waals surface area contributed by atoms with E-state index in [0.717, 1.165) is 47.9 Å². The summed E-state index contributed by atoms with van der Waals surface area (Å²) in [5.41, 5.74) is 6.01. The van der Waals surface area contributed by atoms with E-state index in [9.17, 15) is 10.2 Å². The van der Waals surface area contributed by atoms with Crippen LogP contribution in [0.15, 0.2) is 24.3 Å². The average molecular weight is 467 g/mol. The Morgan fingerprint density at radius 3 is 0.971 bits per heavy atom. The molecule has 0 spiro atoms. The number of phenols is 2. The number of phenolic OH excluding ortho intramolecular Hbond substituents is 2. The van der Waals surface area contributed by atoms with Crippen LogP contribution in [-0.2, 0) is 21.7 Å². The van der Waals surface area contributed by atoms with E-state index in [2.05, 4.69) is 95.2 Å². The van der Waals surface area contributed by atoms with Gasteiger partial charge in [0, 0.05) is 11.1 Å². The first-order valence-corrected chi connectivity index (χ1v) is 13.3. The summed E-state index contributed by atoms with van der Waals surface area (Å²) in [6.45, 7) is 27.1. The van der Waals surface area contributed by atoms with Crippen LogP contribution in [0.1, 0.15) is 131 Å². The molecule has 0 unspecified atom stereocenters. The van der Waals surface area contributed by atoms with Gasteiger partial charge in [-0.1, -0.05) is 95.2 Å². The van der Waals surface area contributed by atoms with E-state index < -0.39 is 0 Å². The normalized spacial score (nSPS) is 13.4. The number of hydrogen-bond acceptors (Lipinski definition) is 2. The van der Waals surface area contributed by atoms with E-state index >= 15 is 0 Å².